The van der Waals surface area contributed by atoms with Gasteiger partial charge < -0.3 is 5.32 Å². The molecular weight excluding hydrogens is 439 g/mol. The second kappa shape index (κ2) is 9.08. The first kappa shape index (κ1) is 22.8. The fraction of sp³-hybridized carbons (Fsp3) is 0.174. The molecule has 3 aromatic rings. The summed E-state index contributed by atoms with van der Waals surface area (Å²) in [5, 5.41) is 2.95. The van der Waals surface area contributed by atoms with E-state index in [0.717, 1.165) is 9.87 Å². The minimum Gasteiger partial charge on any atom is -0.322 e. The molecule has 162 valence electrons. The van der Waals surface area contributed by atoms with Crippen LogP contribution in [-0.4, -0.2) is 21.4 Å². The SMILES string of the molecule is CC(C)c1ccccc1NC(=O)c1cc(S(=O)(=O)N(C)c2ccc(F)cc2)ccc1Cl. The van der Waals surface area contributed by atoms with Crippen molar-refractivity contribution in [1.29, 1.82) is 0 Å². The van der Waals surface area contributed by atoms with Gasteiger partial charge in [0.25, 0.3) is 15.9 Å². The molecule has 1 N–H and O–H groups in total. The lowest BCUT2D eigenvalue weighted by atomic mass is 10.0. The predicted molar refractivity (Wildman–Crippen MR) is 122 cm³/mol. The predicted octanol–water partition coefficient (Wildman–Crippen LogP) is 5.68. The molecule has 1 amide bonds. The zero-order chi connectivity index (χ0) is 22.8. The maximum absolute atomic E-state index is 13.2. The van der Waals surface area contributed by atoms with Gasteiger partial charge in [-0.25, -0.2) is 12.8 Å². The van der Waals surface area contributed by atoms with Gasteiger partial charge in [-0.15, -0.1) is 0 Å². The van der Waals surface area contributed by atoms with Crippen molar-refractivity contribution in [1.82, 2.24) is 0 Å². The number of benzene rings is 3. The van der Waals surface area contributed by atoms with E-state index in [1.165, 1.54) is 49.5 Å². The second-order valence-electron chi connectivity index (χ2n) is 7.29. The number of carbonyl (C=O) groups is 1. The van der Waals surface area contributed by atoms with Crippen molar-refractivity contribution >= 4 is 38.9 Å². The van der Waals surface area contributed by atoms with Crippen molar-refractivity contribution in [3.05, 3.63) is 88.7 Å². The van der Waals surface area contributed by atoms with Crippen LogP contribution in [0.3, 0.4) is 0 Å². The van der Waals surface area contributed by atoms with Gasteiger partial charge in [0.2, 0.25) is 0 Å². The molecule has 0 aliphatic carbocycles. The Labute approximate surface area is 186 Å². The van der Waals surface area contributed by atoms with Gasteiger partial charge in [0, 0.05) is 12.7 Å². The molecule has 0 radical (unpaired) electrons. The summed E-state index contributed by atoms with van der Waals surface area (Å²) in [6.45, 7) is 4.02. The normalized spacial score (nSPS) is 11.4. The van der Waals surface area contributed by atoms with Crippen molar-refractivity contribution in [2.24, 2.45) is 0 Å². The van der Waals surface area contributed by atoms with Gasteiger partial charge in [-0.1, -0.05) is 43.6 Å². The van der Waals surface area contributed by atoms with Crippen LogP contribution < -0.4 is 9.62 Å². The monoisotopic (exact) mass is 460 g/mol. The second-order valence-corrected chi connectivity index (χ2v) is 9.66. The lowest BCUT2D eigenvalue weighted by Gasteiger charge is -2.20. The summed E-state index contributed by atoms with van der Waals surface area (Å²) < 4.78 is 40.3. The van der Waals surface area contributed by atoms with Crippen LogP contribution in [0.2, 0.25) is 5.02 Å². The molecule has 3 rings (SSSR count). The van der Waals surface area contributed by atoms with E-state index in [9.17, 15) is 17.6 Å². The summed E-state index contributed by atoms with van der Waals surface area (Å²) in [6.07, 6.45) is 0. The molecule has 8 heteroatoms. The Hall–Kier alpha value is -2.90. The topological polar surface area (TPSA) is 66.5 Å². The Morgan fingerprint density at radius 3 is 2.32 bits per heavy atom. The van der Waals surface area contributed by atoms with Gasteiger partial charge >= 0.3 is 0 Å². The fourth-order valence-electron chi connectivity index (χ4n) is 3.09. The number of halogens is 2. The Balaban J connectivity index is 1.94. The molecule has 0 aliphatic heterocycles. The number of rotatable bonds is 6. The summed E-state index contributed by atoms with van der Waals surface area (Å²) in [5.41, 5.74) is 1.91. The number of anilines is 2. The molecule has 0 spiro atoms. The molecule has 0 fully saturated rings. The molecule has 5 nitrogen and oxygen atoms in total. The van der Waals surface area contributed by atoms with Gasteiger partial charge in [0.1, 0.15) is 5.82 Å². The third kappa shape index (κ3) is 4.89. The van der Waals surface area contributed by atoms with E-state index in [1.54, 1.807) is 6.07 Å². The van der Waals surface area contributed by atoms with Crippen LogP contribution in [0.25, 0.3) is 0 Å². The van der Waals surface area contributed by atoms with Gasteiger partial charge in [-0.2, -0.15) is 0 Å². The molecule has 0 heterocycles. The lowest BCUT2D eigenvalue weighted by Crippen LogP contribution is -2.27. The molecule has 31 heavy (non-hydrogen) atoms. The van der Waals surface area contributed by atoms with Crippen molar-refractivity contribution in [3.8, 4) is 0 Å². The van der Waals surface area contributed by atoms with Gasteiger partial charge in [-0.05, 0) is 60.0 Å². The standard InChI is InChI=1S/C23H22ClFN2O3S/c1-15(2)19-6-4-5-7-22(19)26-23(28)20-14-18(12-13-21(20)24)31(29,30)27(3)17-10-8-16(25)9-11-17/h4-15H,1-3H3,(H,26,28). The number of hydrogen-bond donors (Lipinski definition) is 1. The number of nitrogens with zero attached hydrogens (tertiary/aromatic N) is 1. The van der Waals surface area contributed by atoms with Crippen molar-refractivity contribution < 1.29 is 17.6 Å². The van der Waals surface area contributed by atoms with Crippen LogP contribution in [0.15, 0.2) is 71.6 Å². The van der Waals surface area contributed by atoms with Crippen LogP contribution >= 0.6 is 11.6 Å². The number of hydrogen-bond acceptors (Lipinski definition) is 3. The van der Waals surface area contributed by atoms with Crippen LogP contribution in [0.4, 0.5) is 15.8 Å². The van der Waals surface area contributed by atoms with Crippen LogP contribution in [0, 0.1) is 5.82 Å². The quantitative estimate of drug-likeness (QED) is 0.514. The molecule has 0 unspecified atom stereocenters. The molecule has 3 aromatic carbocycles. The first-order valence-electron chi connectivity index (χ1n) is 9.55. The van der Waals surface area contributed by atoms with Crippen LogP contribution in [0.1, 0.15) is 35.7 Å². The molecule has 0 aromatic heterocycles. The highest BCUT2D eigenvalue weighted by atomic mass is 35.5. The lowest BCUT2D eigenvalue weighted by molar-refractivity contribution is 0.102. The molecule has 0 aliphatic rings. The van der Waals surface area contributed by atoms with E-state index >= 15 is 0 Å². The van der Waals surface area contributed by atoms with E-state index in [4.69, 9.17) is 11.6 Å². The Morgan fingerprint density at radius 1 is 1.03 bits per heavy atom. The number of amides is 1. The zero-order valence-corrected chi connectivity index (χ0v) is 18.8. The van der Waals surface area contributed by atoms with Crippen molar-refractivity contribution in [2.45, 2.75) is 24.7 Å². The summed E-state index contributed by atoms with van der Waals surface area (Å²) >= 11 is 6.21. The minimum atomic E-state index is -4.00. The van der Waals surface area contributed by atoms with E-state index in [1.807, 2.05) is 32.0 Å². The molecular formula is C23H22ClFN2O3S. The van der Waals surface area contributed by atoms with E-state index < -0.39 is 21.7 Å². The summed E-state index contributed by atoms with van der Waals surface area (Å²) in [4.78, 5) is 12.8. The highest BCUT2D eigenvalue weighted by Crippen LogP contribution is 2.28. The Kier molecular flexibility index (Phi) is 6.67. The number of carbonyl (C=O) groups excluding carboxylic acids is 1. The highest BCUT2D eigenvalue weighted by Gasteiger charge is 2.24. The van der Waals surface area contributed by atoms with Gasteiger partial charge in [0.05, 0.1) is 21.2 Å². The zero-order valence-electron chi connectivity index (χ0n) is 17.3. The van der Waals surface area contributed by atoms with E-state index in [0.29, 0.717) is 5.69 Å². The fourth-order valence-corrected chi connectivity index (χ4v) is 4.52. The smallest absolute Gasteiger partial charge is 0.264 e. The average molecular weight is 461 g/mol. The first-order valence-corrected chi connectivity index (χ1v) is 11.4. The number of para-hydroxylation sites is 1. The molecule has 0 saturated carbocycles. The van der Waals surface area contributed by atoms with Crippen molar-refractivity contribution in [2.75, 3.05) is 16.7 Å². The summed E-state index contributed by atoms with van der Waals surface area (Å²) in [7, 11) is -2.64. The van der Waals surface area contributed by atoms with E-state index in [2.05, 4.69) is 5.32 Å². The molecule has 0 saturated heterocycles. The largest absolute Gasteiger partial charge is 0.322 e. The minimum absolute atomic E-state index is 0.0359. The maximum atomic E-state index is 13.2. The summed E-state index contributed by atoms with van der Waals surface area (Å²) in [5.74, 6) is -0.802. The Morgan fingerprint density at radius 2 is 1.68 bits per heavy atom. The third-order valence-corrected chi connectivity index (χ3v) is 6.97. The maximum Gasteiger partial charge on any atom is 0.264 e. The molecule has 0 bridgehead atoms. The van der Waals surface area contributed by atoms with Crippen LogP contribution in [-0.2, 0) is 10.0 Å². The number of sulfonamides is 1. The third-order valence-electron chi connectivity index (χ3n) is 4.86. The highest BCUT2D eigenvalue weighted by molar-refractivity contribution is 7.92. The number of nitrogens with one attached hydrogen (secondary N) is 1. The van der Waals surface area contributed by atoms with Crippen LogP contribution in [0.5, 0.6) is 0 Å². The summed E-state index contributed by atoms with van der Waals surface area (Å²) in [6, 6.07) is 16.4. The Bertz CT molecular complexity index is 1210. The van der Waals surface area contributed by atoms with E-state index in [-0.39, 0.29) is 27.1 Å². The average Bonchev–Trinajstić information content (AvgIpc) is 2.74. The van der Waals surface area contributed by atoms with Crippen molar-refractivity contribution in [3.63, 3.8) is 0 Å². The van der Waals surface area contributed by atoms with Gasteiger partial charge in [0.15, 0.2) is 0 Å². The first-order chi connectivity index (χ1) is 14.6. The molecule has 0 atom stereocenters. The van der Waals surface area contributed by atoms with Gasteiger partial charge in [-0.3, -0.25) is 9.10 Å².